The van der Waals surface area contributed by atoms with Crippen LogP contribution in [0.5, 0.6) is 0 Å². The highest BCUT2D eigenvalue weighted by atomic mass is 32.2. The summed E-state index contributed by atoms with van der Waals surface area (Å²) in [5, 5.41) is 8.81. The van der Waals surface area contributed by atoms with Gasteiger partial charge in [0.25, 0.3) is 0 Å². The van der Waals surface area contributed by atoms with Crippen LogP contribution in [0.1, 0.15) is 26.3 Å². The number of benzene rings is 1. The van der Waals surface area contributed by atoms with Gasteiger partial charge < -0.3 is 10.7 Å². The van der Waals surface area contributed by atoms with Crippen LogP contribution < -0.4 is 5.84 Å². The van der Waals surface area contributed by atoms with Crippen LogP contribution in [0.15, 0.2) is 54.7 Å². The van der Waals surface area contributed by atoms with Crippen LogP contribution in [-0.2, 0) is 10.2 Å². The molecule has 1 aromatic carbocycles. The lowest BCUT2D eigenvalue weighted by Crippen LogP contribution is -2.32. The lowest BCUT2D eigenvalue weighted by atomic mass is 9.87. The van der Waals surface area contributed by atoms with Crippen molar-refractivity contribution in [1.82, 2.24) is 19.8 Å². The maximum atomic E-state index is 12.3. The van der Waals surface area contributed by atoms with Gasteiger partial charge in [-0.05, 0) is 11.0 Å². The van der Waals surface area contributed by atoms with Gasteiger partial charge in [-0.15, -0.1) is 23.4 Å². The molecule has 0 radical (unpaired) electrons. The standard InChI is InChI=1S/C20H27N5OS/c1-6-12-24(13-7-2)17(26)14-27-19-23-22-18(25(19)21)15-8-10-16(11-9-15)20(3,4)5/h6-11H,1-2,12-14,21H2,3-5H3. The molecule has 1 aromatic heterocycles. The largest absolute Gasteiger partial charge is 0.335 e. The van der Waals surface area contributed by atoms with Crippen LogP contribution in [0.3, 0.4) is 0 Å². The minimum Gasteiger partial charge on any atom is -0.335 e. The minimum absolute atomic E-state index is 0.0288. The molecule has 0 aliphatic carbocycles. The summed E-state index contributed by atoms with van der Waals surface area (Å²) < 4.78 is 1.43. The van der Waals surface area contributed by atoms with E-state index in [0.717, 1.165) is 5.56 Å². The highest BCUT2D eigenvalue weighted by molar-refractivity contribution is 7.99. The van der Waals surface area contributed by atoms with Gasteiger partial charge in [0, 0.05) is 18.7 Å². The van der Waals surface area contributed by atoms with Crippen molar-refractivity contribution in [3.63, 3.8) is 0 Å². The molecule has 0 atom stereocenters. The Kier molecular flexibility index (Phi) is 6.85. The Balaban J connectivity index is 2.09. The van der Waals surface area contributed by atoms with Gasteiger partial charge in [-0.25, -0.2) is 4.68 Å². The Morgan fingerprint density at radius 3 is 2.30 bits per heavy atom. The fourth-order valence-electron chi connectivity index (χ4n) is 2.50. The predicted octanol–water partition coefficient (Wildman–Crippen LogP) is 3.25. The number of thioether (sulfide) groups is 1. The zero-order chi connectivity index (χ0) is 20.0. The van der Waals surface area contributed by atoms with Gasteiger partial charge in [-0.2, -0.15) is 0 Å². The first kappa shape index (κ1) is 20.8. The fourth-order valence-corrected chi connectivity index (χ4v) is 3.26. The molecule has 1 heterocycles. The SMILES string of the molecule is C=CCN(CC=C)C(=O)CSc1nnc(-c2ccc(C(C)(C)C)cc2)n1N. The average molecular weight is 386 g/mol. The van der Waals surface area contributed by atoms with E-state index in [-0.39, 0.29) is 17.1 Å². The number of nitrogens with two attached hydrogens (primary N) is 1. The molecule has 2 rings (SSSR count). The van der Waals surface area contributed by atoms with Gasteiger partial charge in [0.2, 0.25) is 11.1 Å². The average Bonchev–Trinajstić information content (AvgIpc) is 2.99. The summed E-state index contributed by atoms with van der Waals surface area (Å²) in [6.45, 7) is 14.8. The summed E-state index contributed by atoms with van der Waals surface area (Å²) in [5.41, 5.74) is 2.20. The Morgan fingerprint density at radius 1 is 1.19 bits per heavy atom. The third-order valence-electron chi connectivity index (χ3n) is 4.05. The van der Waals surface area contributed by atoms with Crippen LogP contribution >= 0.6 is 11.8 Å². The second kappa shape index (κ2) is 8.90. The molecule has 0 saturated heterocycles. The second-order valence-electron chi connectivity index (χ2n) is 7.17. The summed E-state index contributed by atoms with van der Waals surface area (Å²) in [6.07, 6.45) is 3.38. The number of nitrogen functional groups attached to an aromatic ring is 1. The van der Waals surface area contributed by atoms with Gasteiger partial charge in [-0.1, -0.05) is 69.0 Å². The molecule has 1 amide bonds. The van der Waals surface area contributed by atoms with Crippen molar-refractivity contribution in [1.29, 1.82) is 0 Å². The van der Waals surface area contributed by atoms with E-state index in [9.17, 15) is 4.79 Å². The molecule has 0 aliphatic heterocycles. The fraction of sp³-hybridized carbons (Fsp3) is 0.350. The first-order valence-electron chi connectivity index (χ1n) is 8.71. The van der Waals surface area contributed by atoms with E-state index in [1.807, 2.05) is 12.1 Å². The summed E-state index contributed by atoms with van der Waals surface area (Å²) in [4.78, 5) is 14.0. The third kappa shape index (κ3) is 5.23. The minimum atomic E-state index is -0.0288. The Hall–Kier alpha value is -2.54. The van der Waals surface area contributed by atoms with E-state index in [4.69, 9.17) is 5.84 Å². The number of amides is 1. The Labute approximate surface area is 165 Å². The zero-order valence-electron chi connectivity index (χ0n) is 16.2. The molecule has 7 heteroatoms. The summed E-state index contributed by atoms with van der Waals surface area (Å²) in [7, 11) is 0. The normalized spacial score (nSPS) is 11.2. The summed E-state index contributed by atoms with van der Waals surface area (Å²) in [6, 6.07) is 8.12. The quantitative estimate of drug-likeness (QED) is 0.429. The molecule has 0 unspecified atom stereocenters. The first-order chi connectivity index (χ1) is 12.8. The first-order valence-corrected chi connectivity index (χ1v) is 9.70. The number of hydrogen-bond acceptors (Lipinski definition) is 5. The predicted molar refractivity (Wildman–Crippen MR) is 112 cm³/mol. The molecule has 2 aromatic rings. The lowest BCUT2D eigenvalue weighted by molar-refractivity contribution is -0.127. The van der Waals surface area contributed by atoms with E-state index >= 15 is 0 Å². The maximum absolute atomic E-state index is 12.3. The van der Waals surface area contributed by atoms with Crippen molar-refractivity contribution in [2.45, 2.75) is 31.3 Å². The molecule has 144 valence electrons. The highest BCUT2D eigenvalue weighted by Gasteiger charge is 2.18. The molecule has 0 aliphatic rings. The molecular weight excluding hydrogens is 358 g/mol. The third-order valence-corrected chi connectivity index (χ3v) is 4.98. The number of nitrogens with zero attached hydrogens (tertiary/aromatic N) is 4. The van der Waals surface area contributed by atoms with Crippen molar-refractivity contribution in [2.24, 2.45) is 0 Å². The number of hydrogen-bond donors (Lipinski definition) is 1. The summed E-state index contributed by atoms with van der Waals surface area (Å²) in [5.74, 6) is 6.91. The number of rotatable bonds is 8. The van der Waals surface area contributed by atoms with Crippen molar-refractivity contribution < 1.29 is 4.79 Å². The lowest BCUT2D eigenvalue weighted by Gasteiger charge is -2.19. The van der Waals surface area contributed by atoms with Gasteiger partial charge >= 0.3 is 0 Å². The van der Waals surface area contributed by atoms with Crippen molar-refractivity contribution in [3.05, 3.63) is 55.1 Å². The number of carbonyl (C=O) groups excluding carboxylic acids is 1. The monoisotopic (exact) mass is 385 g/mol. The molecule has 0 fully saturated rings. The molecule has 27 heavy (non-hydrogen) atoms. The van der Waals surface area contributed by atoms with E-state index in [1.54, 1.807) is 17.1 Å². The highest BCUT2D eigenvalue weighted by Crippen LogP contribution is 2.26. The molecule has 0 saturated carbocycles. The molecular formula is C20H27N5OS. The van der Waals surface area contributed by atoms with Gasteiger partial charge in [0.15, 0.2) is 5.82 Å². The van der Waals surface area contributed by atoms with Crippen molar-refractivity contribution >= 4 is 17.7 Å². The van der Waals surface area contributed by atoms with E-state index in [1.165, 1.54) is 22.0 Å². The van der Waals surface area contributed by atoms with Crippen LogP contribution in [0.25, 0.3) is 11.4 Å². The second-order valence-corrected chi connectivity index (χ2v) is 8.11. The van der Waals surface area contributed by atoms with Gasteiger partial charge in [-0.3, -0.25) is 4.79 Å². The number of carbonyl (C=O) groups is 1. The number of aromatic nitrogens is 3. The van der Waals surface area contributed by atoms with Crippen LogP contribution in [-0.4, -0.2) is 44.5 Å². The topological polar surface area (TPSA) is 77.0 Å². The van der Waals surface area contributed by atoms with Gasteiger partial charge in [0.05, 0.1) is 5.75 Å². The van der Waals surface area contributed by atoms with Crippen LogP contribution in [0, 0.1) is 0 Å². The van der Waals surface area contributed by atoms with Crippen LogP contribution in [0.2, 0.25) is 0 Å². The molecule has 6 nitrogen and oxygen atoms in total. The van der Waals surface area contributed by atoms with Gasteiger partial charge in [0.1, 0.15) is 0 Å². The summed E-state index contributed by atoms with van der Waals surface area (Å²) >= 11 is 1.26. The molecule has 0 bridgehead atoms. The van der Waals surface area contributed by atoms with E-state index < -0.39 is 0 Å². The molecule has 2 N–H and O–H groups in total. The van der Waals surface area contributed by atoms with Crippen molar-refractivity contribution in [3.8, 4) is 11.4 Å². The smallest absolute Gasteiger partial charge is 0.233 e. The molecule has 0 spiro atoms. The zero-order valence-corrected chi connectivity index (χ0v) is 17.0. The van der Waals surface area contributed by atoms with Crippen molar-refractivity contribution in [2.75, 3.05) is 24.7 Å². The Morgan fingerprint density at radius 2 is 1.78 bits per heavy atom. The van der Waals surface area contributed by atoms with E-state index in [0.29, 0.717) is 24.1 Å². The Bertz CT molecular complexity index is 795. The van der Waals surface area contributed by atoms with Crippen LogP contribution in [0.4, 0.5) is 0 Å². The van der Waals surface area contributed by atoms with E-state index in [2.05, 4.69) is 56.3 Å². The maximum Gasteiger partial charge on any atom is 0.233 e.